The Bertz CT molecular complexity index is 801. The minimum atomic E-state index is -0.645. The minimum absolute atomic E-state index is 0.102. The summed E-state index contributed by atoms with van der Waals surface area (Å²) >= 11 is 0. The topological polar surface area (TPSA) is 97.1 Å². The molecule has 0 amide bonds. The Morgan fingerprint density at radius 3 is 2.76 bits per heavy atom. The largest absolute Gasteiger partial charge is 0.493 e. The van der Waals surface area contributed by atoms with Gasteiger partial charge in [0.25, 0.3) is 5.69 Å². The van der Waals surface area contributed by atoms with Crippen LogP contribution in [0.15, 0.2) is 36.4 Å². The molecule has 1 heterocycles. The molecule has 0 aromatic heterocycles. The minimum Gasteiger partial charge on any atom is -0.493 e. The molecule has 8 nitrogen and oxygen atoms in total. The van der Waals surface area contributed by atoms with Crippen molar-refractivity contribution in [1.29, 1.82) is 0 Å². The number of rotatable bonds is 5. The van der Waals surface area contributed by atoms with Crippen molar-refractivity contribution in [3.63, 3.8) is 0 Å². The maximum absolute atomic E-state index is 12.3. The number of ether oxygens (including phenoxy) is 4. The number of para-hydroxylation sites is 1. The van der Waals surface area contributed by atoms with E-state index in [2.05, 4.69) is 0 Å². The van der Waals surface area contributed by atoms with Gasteiger partial charge in [-0.3, -0.25) is 10.1 Å². The van der Waals surface area contributed by atoms with E-state index in [1.54, 1.807) is 12.1 Å². The van der Waals surface area contributed by atoms with Crippen LogP contribution in [-0.4, -0.2) is 31.2 Å². The summed E-state index contributed by atoms with van der Waals surface area (Å²) in [4.78, 5) is 22.8. The van der Waals surface area contributed by atoms with Crippen LogP contribution in [0.2, 0.25) is 0 Å². The average Bonchev–Trinajstić information content (AvgIpc) is 2.65. The highest BCUT2D eigenvalue weighted by molar-refractivity contribution is 5.91. The monoisotopic (exact) mass is 345 g/mol. The molecule has 3 rings (SSSR count). The van der Waals surface area contributed by atoms with Gasteiger partial charge in [0.2, 0.25) is 5.75 Å². The zero-order valence-electron chi connectivity index (χ0n) is 13.4. The van der Waals surface area contributed by atoms with Crippen LogP contribution in [0.1, 0.15) is 15.9 Å². The van der Waals surface area contributed by atoms with E-state index < -0.39 is 10.9 Å². The highest BCUT2D eigenvalue weighted by atomic mass is 16.6. The second-order valence-corrected chi connectivity index (χ2v) is 5.16. The molecule has 0 N–H and O–H groups in total. The normalized spacial score (nSPS) is 12.4. The van der Waals surface area contributed by atoms with Gasteiger partial charge in [-0.1, -0.05) is 12.1 Å². The van der Waals surface area contributed by atoms with Gasteiger partial charge in [-0.25, -0.2) is 4.79 Å². The Balaban J connectivity index is 1.79. The molecular formula is C17H15NO7. The fourth-order valence-electron chi connectivity index (χ4n) is 2.43. The highest BCUT2D eigenvalue weighted by Crippen LogP contribution is 2.40. The van der Waals surface area contributed by atoms with Gasteiger partial charge in [0.15, 0.2) is 11.5 Å². The summed E-state index contributed by atoms with van der Waals surface area (Å²) in [5.41, 5.74) is 0.417. The van der Waals surface area contributed by atoms with Crippen LogP contribution in [0.5, 0.6) is 17.2 Å². The maximum atomic E-state index is 12.3. The van der Waals surface area contributed by atoms with E-state index >= 15 is 0 Å². The molecular weight excluding hydrogens is 330 g/mol. The number of esters is 1. The Labute approximate surface area is 143 Å². The van der Waals surface area contributed by atoms with Crippen LogP contribution < -0.4 is 14.2 Å². The Hall–Kier alpha value is -3.29. The average molecular weight is 345 g/mol. The van der Waals surface area contributed by atoms with Crippen molar-refractivity contribution >= 4 is 11.7 Å². The van der Waals surface area contributed by atoms with Crippen LogP contribution in [-0.2, 0) is 11.3 Å². The van der Waals surface area contributed by atoms with Gasteiger partial charge in [-0.15, -0.1) is 0 Å². The Morgan fingerprint density at radius 2 is 2.00 bits per heavy atom. The lowest BCUT2D eigenvalue weighted by atomic mass is 10.1. The lowest BCUT2D eigenvalue weighted by Gasteiger charge is -2.21. The molecule has 0 saturated carbocycles. The number of methoxy groups -OCH3 is 1. The van der Waals surface area contributed by atoms with Gasteiger partial charge in [0, 0.05) is 6.07 Å². The molecule has 0 aliphatic carbocycles. The van der Waals surface area contributed by atoms with Crippen LogP contribution in [0.3, 0.4) is 0 Å². The molecule has 0 bridgehead atoms. The molecule has 8 heteroatoms. The molecule has 2 aromatic rings. The van der Waals surface area contributed by atoms with E-state index in [1.165, 1.54) is 31.4 Å². The number of carbonyl (C=O) groups is 1. The SMILES string of the molecule is COc1cc(C(=O)OCc2ccccc2[N+](=O)[O-])cc2c1OCCO2. The molecule has 0 unspecified atom stereocenters. The number of benzene rings is 2. The summed E-state index contributed by atoms with van der Waals surface area (Å²) in [7, 11) is 1.45. The summed E-state index contributed by atoms with van der Waals surface area (Å²) < 4.78 is 21.4. The number of nitro groups is 1. The molecule has 1 aliphatic heterocycles. The summed E-state index contributed by atoms with van der Waals surface area (Å²) in [6.45, 7) is 0.544. The predicted molar refractivity (Wildman–Crippen MR) is 86.2 cm³/mol. The Morgan fingerprint density at radius 1 is 1.24 bits per heavy atom. The quantitative estimate of drug-likeness (QED) is 0.467. The number of fused-ring (bicyclic) bond motifs is 1. The number of carbonyl (C=O) groups excluding carboxylic acids is 1. The first-order valence-corrected chi connectivity index (χ1v) is 7.47. The molecule has 130 valence electrons. The van der Waals surface area contributed by atoms with Crippen molar-refractivity contribution < 1.29 is 28.7 Å². The van der Waals surface area contributed by atoms with Crippen molar-refractivity contribution in [2.45, 2.75) is 6.61 Å². The van der Waals surface area contributed by atoms with Crippen LogP contribution >= 0.6 is 0 Å². The molecule has 0 spiro atoms. The fraction of sp³-hybridized carbons (Fsp3) is 0.235. The zero-order valence-corrected chi connectivity index (χ0v) is 13.4. The van der Waals surface area contributed by atoms with Gasteiger partial charge in [0.05, 0.1) is 23.2 Å². The summed E-state index contributed by atoms with van der Waals surface area (Å²) in [6, 6.07) is 9.07. The maximum Gasteiger partial charge on any atom is 0.338 e. The molecule has 2 aromatic carbocycles. The van der Waals surface area contributed by atoms with Gasteiger partial charge >= 0.3 is 5.97 Å². The van der Waals surface area contributed by atoms with Gasteiger partial charge in [0.1, 0.15) is 19.8 Å². The summed E-state index contributed by atoms with van der Waals surface area (Å²) in [5, 5.41) is 11.0. The third-order valence-corrected chi connectivity index (χ3v) is 3.61. The van der Waals surface area contributed by atoms with Crippen molar-refractivity contribution in [1.82, 2.24) is 0 Å². The summed E-state index contributed by atoms with van der Waals surface area (Å²) in [6.07, 6.45) is 0. The molecule has 0 atom stereocenters. The smallest absolute Gasteiger partial charge is 0.338 e. The molecule has 0 fully saturated rings. The second-order valence-electron chi connectivity index (χ2n) is 5.16. The standard InChI is InChI=1S/C17H15NO7/c1-22-14-8-12(9-15-16(14)24-7-6-23-15)17(19)25-10-11-4-2-3-5-13(11)18(20)21/h2-5,8-9H,6-7,10H2,1H3. The highest BCUT2D eigenvalue weighted by Gasteiger charge is 2.22. The van der Waals surface area contributed by atoms with Crippen molar-refractivity contribution in [2.75, 3.05) is 20.3 Å². The van der Waals surface area contributed by atoms with E-state index in [9.17, 15) is 14.9 Å². The third kappa shape index (κ3) is 3.47. The first kappa shape index (κ1) is 16.6. The molecule has 0 radical (unpaired) electrons. The first-order chi connectivity index (χ1) is 12.1. The van der Waals surface area contributed by atoms with Crippen LogP contribution in [0.4, 0.5) is 5.69 Å². The predicted octanol–water partition coefficient (Wildman–Crippen LogP) is 2.73. The molecule has 0 saturated heterocycles. The van der Waals surface area contributed by atoms with Crippen molar-refractivity contribution in [2.24, 2.45) is 0 Å². The van der Waals surface area contributed by atoms with E-state index in [1.807, 2.05) is 0 Å². The third-order valence-electron chi connectivity index (χ3n) is 3.61. The van der Waals surface area contributed by atoms with E-state index in [0.29, 0.717) is 36.0 Å². The lowest BCUT2D eigenvalue weighted by Crippen LogP contribution is -2.17. The first-order valence-electron chi connectivity index (χ1n) is 7.47. The van der Waals surface area contributed by atoms with Crippen LogP contribution in [0.25, 0.3) is 0 Å². The summed E-state index contributed by atoms with van der Waals surface area (Å²) in [5.74, 6) is 0.538. The van der Waals surface area contributed by atoms with Gasteiger partial charge < -0.3 is 18.9 Å². The second kappa shape index (κ2) is 7.08. The van der Waals surface area contributed by atoms with Crippen molar-refractivity contribution in [3.8, 4) is 17.2 Å². The van der Waals surface area contributed by atoms with Gasteiger partial charge in [-0.05, 0) is 18.2 Å². The number of nitrogens with zero attached hydrogens (tertiary/aromatic N) is 1. The van der Waals surface area contributed by atoms with E-state index in [0.717, 1.165) is 0 Å². The zero-order chi connectivity index (χ0) is 17.8. The number of hydrogen-bond donors (Lipinski definition) is 0. The fourth-order valence-corrected chi connectivity index (χ4v) is 2.43. The van der Waals surface area contributed by atoms with Gasteiger partial charge in [-0.2, -0.15) is 0 Å². The number of hydrogen-bond acceptors (Lipinski definition) is 7. The molecule has 25 heavy (non-hydrogen) atoms. The van der Waals surface area contributed by atoms with E-state index in [-0.39, 0.29) is 17.9 Å². The van der Waals surface area contributed by atoms with Crippen molar-refractivity contribution in [3.05, 3.63) is 57.6 Å². The Kier molecular flexibility index (Phi) is 4.69. The van der Waals surface area contributed by atoms with E-state index in [4.69, 9.17) is 18.9 Å². The number of nitro benzene ring substituents is 1. The molecule has 1 aliphatic rings. The lowest BCUT2D eigenvalue weighted by molar-refractivity contribution is -0.385. The van der Waals surface area contributed by atoms with Crippen LogP contribution in [0, 0.1) is 10.1 Å².